The lowest BCUT2D eigenvalue weighted by Crippen LogP contribution is -2.14. The maximum absolute atomic E-state index is 12.8. The van der Waals surface area contributed by atoms with Gasteiger partial charge in [-0.1, -0.05) is 29.8 Å². The maximum Gasteiger partial charge on any atom is 0.259 e. The Bertz CT molecular complexity index is 884. The highest BCUT2D eigenvalue weighted by molar-refractivity contribution is 7.07. The van der Waals surface area contributed by atoms with Crippen molar-refractivity contribution in [3.8, 4) is 11.5 Å². The lowest BCUT2D eigenvalue weighted by atomic mass is 10.1. The molecule has 0 aliphatic carbocycles. The molecule has 0 aliphatic heterocycles. The van der Waals surface area contributed by atoms with Crippen LogP contribution in [0.5, 0.6) is 11.5 Å². The van der Waals surface area contributed by atoms with Gasteiger partial charge in [0.2, 0.25) is 0 Å². The van der Waals surface area contributed by atoms with Gasteiger partial charge in [-0.15, -0.1) is 11.3 Å². The van der Waals surface area contributed by atoms with Crippen molar-refractivity contribution in [2.24, 2.45) is 0 Å². The number of nitrogens with zero attached hydrogens (tertiary/aromatic N) is 1. The first-order chi connectivity index (χ1) is 12.7. The predicted octanol–water partition coefficient (Wildman–Crippen LogP) is 5.03. The second-order valence-corrected chi connectivity index (χ2v) is 6.39. The number of amides is 1. The second kappa shape index (κ2) is 8.69. The number of hydrogen-bond acceptors (Lipinski definition) is 5. The number of aromatic nitrogens is 1. The number of carbonyl (C=O) groups is 1. The van der Waals surface area contributed by atoms with Crippen molar-refractivity contribution in [1.29, 1.82) is 0 Å². The Morgan fingerprint density at radius 2 is 2.04 bits per heavy atom. The number of hydrogen-bond donors (Lipinski definition) is 1. The number of para-hydroxylation sites is 2. The molecule has 0 aliphatic rings. The Morgan fingerprint density at radius 1 is 1.19 bits per heavy atom. The van der Waals surface area contributed by atoms with E-state index < -0.39 is 0 Å². The van der Waals surface area contributed by atoms with E-state index in [1.165, 1.54) is 11.3 Å². The molecule has 5 nitrogen and oxygen atoms in total. The Kier molecular flexibility index (Phi) is 6.09. The Hall–Kier alpha value is -2.57. The van der Waals surface area contributed by atoms with Gasteiger partial charge in [0.25, 0.3) is 5.91 Å². The van der Waals surface area contributed by atoms with E-state index in [0.717, 1.165) is 5.69 Å². The van der Waals surface area contributed by atoms with E-state index >= 15 is 0 Å². The van der Waals surface area contributed by atoms with Crippen molar-refractivity contribution in [3.63, 3.8) is 0 Å². The largest absolute Gasteiger partial charge is 0.490 e. The molecule has 26 heavy (non-hydrogen) atoms. The van der Waals surface area contributed by atoms with Crippen LogP contribution in [-0.4, -0.2) is 17.5 Å². The highest BCUT2D eigenvalue weighted by atomic mass is 35.5. The number of halogens is 1. The Morgan fingerprint density at radius 3 is 2.81 bits per heavy atom. The van der Waals surface area contributed by atoms with Crippen LogP contribution >= 0.6 is 22.9 Å². The van der Waals surface area contributed by atoms with Gasteiger partial charge in [0.1, 0.15) is 12.4 Å². The van der Waals surface area contributed by atoms with E-state index in [0.29, 0.717) is 41.0 Å². The lowest BCUT2D eigenvalue weighted by Gasteiger charge is -2.14. The highest BCUT2D eigenvalue weighted by Gasteiger charge is 2.16. The normalized spacial score (nSPS) is 10.4. The third-order valence-electron chi connectivity index (χ3n) is 3.49. The number of benzene rings is 2. The smallest absolute Gasteiger partial charge is 0.259 e. The molecule has 3 aromatic rings. The van der Waals surface area contributed by atoms with Gasteiger partial charge in [0, 0.05) is 5.38 Å². The minimum Gasteiger partial charge on any atom is -0.490 e. The number of nitrogens with one attached hydrogen (secondary N) is 1. The number of anilines is 1. The zero-order valence-corrected chi connectivity index (χ0v) is 15.6. The van der Waals surface area contributed by atoms with E-state index in [1.54, 1.807) is 41.9 Å². The lowest BCUT2D eigenvalue weighted by molar-refractivity contribution is 0.102. The minimum absolute atomic E-state index is 0.301. The van der Waals surface area contributed by atoms with Crippen LogP contribution in [0.25, 0.3) is 0 Å². The SMILES string of the molecule is CCOc1c(Cl)cccc1NC(=O)c1ccccc1OCc1cscn1. The highest BCUT2D eigenvalue weighted by Crippen LogP contribution is 2.33. The van der Waals surface area contributed by atoms with Crippen LogP contribution in [0.1, 0.15) is 23.0 Å². The van der Waals surface area contributed by atoms with E-state index in [1.807, 2.05) is 18.4 Å². The summed E-state index contributed by atoms with van der Waals surface area (Å²) in [6.07, 6.45) is 0. The fourth-order valence-corrected chi connectivity index (χ4v) is 3.10. The van der Waals surface area contributed by atoms with Crippen LogP contribution in [-0.2, 0) is 6.61 Å². The van der Waals surface area contributed by atoms with Gasteiger partial charge >= 0.3 is 0 Å². The summed E-state index contributed by atoms with van der Waals surface area (Å²) >= 11 is 7.67. The molecule has 1 amide bonds. The number of carbonyl (C=O) groups excluding carboxylic acids is 1. The van der Waals surface area contributed by atoms with Crippen molar-refractivity contribution < 1.29 is 14.3 Å². The van der Waals surface area contributed by atoms with Crippen molar-refractivity contribution in [1.82, 2.24) is 4.98 Å². The molecular formula is C19H17ClN2O3S. The summed E-state index contributed by atoms with van der Waals surface area (Å²) in [4.78, 5) is 16.9. The van der Waals surface area contributed by atoms with Gasteiger partial charge in [-0.05, 0) is 31.2 Å². The van der Waals surface area contributed by atoms with Crippen LogP contribution in [0.15, 0.2) is 53.4 Å². The molecule has 0 fully saturated rings. The first kappa shape index (κ1) is 18.2. The second-order valence-electron chi connectivity index (χ2n) is 5.27. The third-order valence-corrected chi connectivity index (χ3v) is 4.43. The van der Waals surface area contributed by atoms with Gasteiger partial charge in [0.05, 0.1) is 34.1 Å². The minimum atomic E-state index is -0.304. The molecule has 0 saturated carbocycles. The van der Waals surface area contributed by atoms with Gasteiger partial charge in [-0.2, -0.15) is 0 Å². The predicted molar refractivity (Wildman–Crippen MR) is 103 cm³/mol. The van der Waals surface area contributed by atoms with Gasteiger partial charge in [-0.3, -0.25) is 4.79 Å². The van der Waals surface area contributed by atoms with Crippen LogP contribution in [0.3, 0.4) is 0 Å². The van der Waals surface area contributed by atoms with E-state index in [4.69, 9.17) is 21.1 Å². The number of rotatable bonds is 7. The Balaban J connectivity index is 1.79. The summed E-state index contributed by atoms with van der Waals surface area (Å²) < 4.78 is 11.3. The van der Waals surface area contributed by atoms with Gasteiger partial charge < -0.3 is 14.8 Å². The summed E-state index contributed by atoms with van der Waals surface area (Å²) in [7, 11) is 0. The fourth-order valence-electron chi connectivity index (χ4n) is 2.33. The topological polar surface area (TPSA) is 60.5 Å². The van der Waals surface area contributed by atoms with Crippen LogP contribution in [0.2, 0.25) is 5.02 Å². The molecule has 1 heterocycles. The molecule has 0 spiro atoms. The number of thiazole rings is 1. The van der Waals surface area contributed by atoms with Crippen LogP contribution in [0.4, 0.5) is 5.69 Å². The third kappa shape index (κ3) is 4.33. The molecule has 0 saturated heterocycles. The van der Waals surface area contributed by atoms with Crippen molar-refractivity contribution in [2.75, 3.05) is 11.9 Å². The molecule has 1 N–H and O–H groups in total. The molecule has 0 radical (unpaired) electrons. The average Bonchev–Trinajstić information content (AvgIpc) is 3.17. The summed E-state index contributed by atoms with van der Waals surface area (Å²) in [6, 6.07) is 12.3. The van der Waals surface area contributed by atoms with Crippen molar-refractivity contribution in [2.45, 2.75) is 13.5 Å². The van der Waals surface area contributed by atoms with Crippen LogP contribution in [0, 0.1) is 0 Å². The first-order valence-electron chi connectivity index (χ1n) is 8.00. The molecule has 1 aromatic heterocycles. The van der Waals surface area contributed by atoms with Crippen LogP contribution < -0.4 is 14.8 Å². The quantitative estimate of drug-likeness (QED) is 0.616. The molecule has 3 rings (SSSR count). The molecular weight excluding hydrogens is 372 g/mol. The summed E-state index contributed by atoms with van der Waals surface area (Å²) in [5, 5.41) is 5.19. The zero-order valence-electron chi connectivity index (χ0n) is 14.1. The molecule has 0 atom stereocenters. The summed E-state index contributed by atoms with van der Waals surface area (Å²) in [6.45, 7) is 2.60. The summed E-state index contributed by atoms with van der Waals surface area (Å²) in [5.74, 6) is 0.631. The maximum atomic E-state index is 12.8. The number of ether oxygens (including phenoxy) is 2. The fraction of sp³-hybridized carbons (Fsp3) is 0.158. The first-order valence-corrected chi connectivity index (χ1v) is 9.32. The monoisotopic (exact) mass is 388 g/mol. The summed E-state index contributed by atoms with van der Waals surface area (Å²) in [5.41, 5.74) is 3.49. The van der Waals surface area contributed by atoms with E-state index in [-0.39, 0.29) is 5.91 Å². The average molecular weight is 389 g/mol. The molecule has 0 unspecified atom stereocenters. The molecule has 7 heteroatoms. The van der Waals surface area contributed by atoms with Gasteiger partial charge in [-0.25, -0.2) is 4.98 Å². The van der Waals surface area contributed by atoms with Crippen molar-refractivity contribution >= 4 is 34.5 Å². The standard InChI is InChI=1S/C19H17ClN2O3S/c1-2-24-18-15(20)7-5-8-16(18)22-19(23)14-6-3-4-9-17(14)25-10-13-11-26-12-21-13/h3-9,11-12H,2,10H2,1H3,(H,22,23). The van der Waals surface area contributed by atoms with Gasteiger partial charge in [0.15, 0.2) is 5.75 Å². The van der Waals surface area contributed by atoms with Crippen molar-refractivity contribution in [3.05, 3.63) is 69.6 Å². The Labute approximate surface area is 160 Å². The van der Waals surface area contributed by atoms with E-state index in [2.05, 4.69) is 10.3 Å². The molecule has 2 aromatic carbocycles. The molecule has 0 bridgehead atoms. The zero-order chi connectivity index (χ0) is 18.4. The van der Waals surface area contributed by atoms with E-state index in [9.17, 15) is 4.79 Å². The molecule has 134 valence electrons.